The maximum absolute atomic E-state index is 3.69. The van der Waals surface area contributed by atoms with E-state index in [9.17, 15) is 0 Å². The fourth-order valence-corrected chi connectivity index (χ4v) is 2.75. The summed E-state index contributed by atoms with van der Waals surface area (Å²) >= 11 is 0. The maximum atomic E-state index is 3.69. The molecule has 0 bridgehead atoms. The van der Waals surface area contributed by atoms with E-state index < -0.39 is 0 Å². The lowest BCUT2D eigenvalue weighted by atomic mass is 9.92. The predicted octanol–water partition coefficient (Wildman–Crippen LogP) is 6.49. The van der Waals surface area contributed by atoms with Crippen LogP contribution in [0.5, 0.6) is 0 Å². The Labute approximate surface area is 126 Å². The summed E-state index contributed by atoms with van der Waals surface area (Å²) in [5, 5.41) is 0. The van der Waals surface area contributed by atoms with E-state index in [0.717, 1.165) is 0 Å². The molecule has 0 aromatic heterocycles. The molecule has 1 aromatic carbocycles. The normalized spacial score (nSPS) is 13.1. The SMILES string of the molecule is C=CCCCCCCCC.c1ccc2c(c1)CCCC2. The number of unbranched alkanes of at least 4 members (excludes halogenated alkanes) is 6. The summed E-state index contributed by atoms with van der Waals surface area (Å²) in [5.74, 6) is 0. The number of aryl methyl sites for hydroxylation is 2. The molecule has 0 atom stereocenters. The zero-order valence-electron chi connectivity index (χ0n) is 13.4. The highest BCUT2D eigenvalue weighted by Gasteiger charge is 2.05. The number of rotatable bonds is 7. The van der Waals surface area contributed by atoms with Crippen molar-refractivity contribution in [2.24, 2.45) is 0 Å². The molecule has 0 radical (unpaired) electrons. The van der Waals surface area contributed by atoms with Crippen molar-refractivity contribution in [1.82, 2.24) is 0 Å². The minimum atomic E-state index is 1.20. The highest BCUT2D eigenvalue weighted by atomic mass is 14.1. The molecule has 0 amide bonds. The van der Waals surface area contributed by atoms with Gasteiger partial charge < -0.3 is 0 Å². The third-order valence-corrected chi connectivity index (χ3v) is 4.02. The first-order valence-electron chi connectivity index (χ1n) is 8.56. The quantitative estimate of drug-likeness (QED) is 0.393. The Balaban J connectivity index is 0.000000200. The molecular formula is C20H32. The second-order valence-corrected chi connectivity index (χ2v) is 5.82. The van der Waals surface area contributed by atoms with Crippen LogP contribution in [0.4, 0.5) is 0 Å². The second kappa shape index (κ2) is 11.8. The zero-order valence-corrected chi connectivity index (χ0v) is 13.4. The van der Waals surface area contributed by atoms with Gasteiger partial charge in [-0.05, 0) is 49.7 Å². The number of fused-ring (bicyclic) bond motifs is 1. The first-order chi connectivity index (χ1) is 9.88. The van der Waals surface area contributed by atoms with E-state index in [4.69, 9.17) is 0 Å². The van der Waals surface area contributed by atoms with E-state index in [0.29, 0.717) is 0 Å². The van der Waals surface area contributed by atoms with Gasteiger partial charge in [0, 0.05) is 0 Å². The molecule has 0 N–H and O–H groups in total. The third-order valence-electron chi connectivity index (χ3n) is 4.02. The fourth-order valence-electron chi connectivity index (χ4n) is 2.75. The van der Waals surface area contributed by atoms with Crippen molar-refractivity contribution in [3.63, 3.8) is 0 Å². The minimum Gasteiger partial charge on any atom is -0.103 e. The smallest absolute Gasteiger partial charge is 0.0276 e. The van der Waals surface area contributed by atoms with Crippen LogP contribution >= 0.6 is 0 Å². The van der Waals surface area contributed by atoms with Crippen LogP contribution in [0.3, 0.4) is 0 Å². The van der Waals surface area contributed by atoms with Crippen LogP contribution < -0.4 is 0 Å². The van der Waals surface area contributed by atoms with Gasteiger partial charge in [-0.2, -0.15) is 0 Å². The minimum absolute atomic E-state index is 1.20. The number of allylic oxidation sites excluding steroid dienone is 1. The molecule has 1 aliphatic carbocycles. The van der Waals surface area contributed by atoms with E-state index >= 15 is 0 Å². The lowest BCUT2D eigenvalue weighted by Gasteiger charge is -2.13. The Bertz CT molecular complexity index is 326. The lowest BCUT2D eigenvalue weighted by molar-refractivity contribution is 0.611. The van der Waals surface area contributed by atoms with Crippen molar-refractivity contribution in [1.29, 1.82) is 0 Å². The summed E-state index contributed by atoms with van der Waals surface area (Å²) < 4.78 is 0. The molecule has 2 rings (SSSR count). The van der Waals surface area contributed by atoms with Crippen molar-refractivity contribution >= 4 is 0 Å². The second-order valence-electron chi connectivity index (χ2n) is 5.82. The van der Waals surface area contributed by atoms with E-state index in [1.807, 2.05) is 6.08 Å². The third kappa shape index (κ3) is 7.53. The van der Waals surface area contributed by atoms with E-state index in [1.54, 1.807) is 11.1 Å². The Morgan fingerprint density at radius 2 is 1.45 bits per heavy atom. The Morgan fingerprint density at radius 3 is 2.00 bits per heavy atom. The molecule has 0 spiro atoms. The van der Waals surface area contributed by atoms with Crippen LogP contribution in [0.1, 0.15) is 75.8 Å². The van der Waals surface area contributed by atoms with Crippen LogP contribution in [0.15, 0.2) is 36.9 Å². The van der Waals surface area contributed by atoms with Gasteiger partial charge in [0.1, 0.15) is 0 Å². The standard InChI is InChI=1S/C10H12.C10H20/c1-2-6-10-8-4-3-7-9(10)5-1;1-3-5-7-9-10-8-6-4-2/h1-2,5-6H,3-4,7-8H2;3H,1,4-10H2,2H3. The van der Waals surface area contributed by atoms with Gasteiger partial charge in [-0.25, -0.2) is 0 Å². The number of benzene rings is 1. The summed E-state index contributed by atoms with van der Waals surface area (Å²) in [6.45, 7) is 5.95. The summed E-state index contributed by atoms with van der Waals surface area (Å²) in [6.07, 6.45) is 16.9. The monoisotopic (exact) mass is 272 g/mol. The largest absolute Gasteiger partial charge is 0.103 e. The molecule has 0 nitrogen and oxygen atoms in total. The van der Waals surface area contributed by atoms with E-state index in [-0.39, 0.29) is 0 Å². The highest BCUT2D eigenvalue weighted by Crippen LogP contribution is 2.19. The fraction of sp³-hybridized carbons (Fsp3) is 0.600. The molecule has 0 heterocycles. The highest BCUT2D eigenvalue weighted by molar-refractivity contribution is 5.28. The summed E-state index contributed by atoms with van der Waals surface area (Å²) in [6, 6.07) is 8.80. The first-order valence-corrected chi connectivity index (χ1v) is 8.56. The van der Waals surface area contributed by atoms with Gasteiger partial charge in [0.2, 0.25) is 0 Å². The average molecular weight is 272 g/mol. The Hall–Kier alpha value is -1.04. The van der Waals surface area contributed by atoms with Gasteiger partial charge in [0.15, 0.2) is 0 Å². The molecular weight excluding hydrogens is 240 g/mol. The van der Waals surface area contributed by atoms with E-state index in [1.165, 1.54) is 70.6 Å². The van der Waals surface area contributed by atoms with Crippen LogP contribution in [-0.2, 0) is 12.8 Å². The van der Waals surface area contributed by atoms with Gasteiger partial charge in [0.25, 0.3) is 0 Å². The molecule has 0 unspecified atom stereocenters. The van der Waals surface area contributed by atoms with Crippen LogP contribution in [0.2, 0.25) is 0 Å². The van der Waals surface area contributed by atoms with Gasteiger partial charge in [-0.15, -0.1) is 6.58 Å². The summed E-state index contributed by atoms with van der Waals surface area (Å²) in [4.78, 5) is 0. The summed E-state index contributed by atoms with van der Waals surface area (Å²) in [5.41, 5.74) is 3.16. The molecule has 0 fully saturated rings. The van der Waals surface area contributed by atoms with Crippen LogP contribution in [0, 0.1) is 0 Å². The maximum Gasteiger partial charge on any atom is -0.0276 e. The summed E-state index contributed by atoms with van der Waals surface area (Å²) in [7, 11) is 0. The first kappa shape index (κ1) is 17.0. The number of hydrogen-bond donors (Lipinski definition) is 0. The molecule has 0 heteroatoms. The van der Waals surface area contributed by atoms with Gasteiger partial charge >= 0.3 is 0 Å². The molecule has 0 saturated heterocycles. The molecule has 20 heavy (non-hydrogen) atoms. The van der Waals surface area contributed by atoms with Crippen molar-refractivity contribution in [3.8, 4) is 0 Å². The lowest BCUT2D eigenvalue weighted by Crippen LogP contribution is -2.00. The van der Waals surface area contributed by atoms with Crippen LogP contribution in [-0.4, -0.2) is 0 Å². The van der Waals surface area contributed by atoms with Gasteiger partial charge in [-0.1, -0.05) is 69.4 Å². The van der Waals surface area contributed by atoms with Crippen LogP contribution in [0.25, 0.3) is 0 Å². The molecule has 1 aromatic rings. The predicted molar refractivity (Wildman–Crippen MR) is 91.3 cm³/mol. The van der Waals surface area contributed by atoms with Crippen molar-refractivity contribution in [3.05, 3.63) is 48.0 Å². The Morgan fingerprint density at radius 1 is 0.900 bits per heavy atom. The zero-order chi connectivity index (χ0) is 14.5. The molecule has 0 saturated carbocycles. The van der Waals surface area contributed by atoms with Crippen molar-refractivity contribution in [2.45, 2.75) is 77.6 Å². The van der Waals surface area contributed by atoms with Crippen molar-refractivity contribution < 1.29 is 0 Å². The molecule has 1 aliphatic rings. The van der Waals surface area contributed by atoms with E-state index in [2.05, 4.69) is 37.8 Å². The topological polar surface area (TPSA) is 0 Å². The molecule has 112 valence electrons. The van der Waals surface area contributed by atoms with Gasteiger partial charge in [0.05, 0.1) is 0 Å². The van der Waals surface area contributed by atoms with Crippen molar-refractivity contribution in [2.75, 3.05) is 0 Å². The molecule has 0 aliphatic heterocycles. The average Bonchev–Trinajstić information content (AvgIpc) is 2.52. The van der Waals surface area contributed by atoms with Gasteiger partial charge in [-0.3, -0.25) is 0 Å². The Kier molecular flexibility index (Phi) is 10.0. The number of hydrogen-bond acceptors (Lipinski definition) is 0.